The summed E-state index contributed by atoms with van der Waals surface area (Å²) in [6, 6.07) is 5.03. The van der Waals surface area contributed by atoms with Crippen LogP contribution >= 0.6 is 13.5 Å². The molecule has 10 nitrogen and oxygen atoms in total. The SMILES string of the molecule is Cc1cn(C)cc1S(=O)(=O)NC(=O)c1ccc(-n2ccc(OCC(C)(C)C)n2)nc1N1C[C@@H](C)CC1(C)C.S. The van der Waals surface area contributed by atoms with Crippen LogP contribution in [0.4, 0.5) is 5.82 Å². The maximum absolute atomic E-state index is 13.4. The van der Waals surface area contributed by atoms with Crippen molar-refractivity contribution in [3.8, 4) is 11.7 Å². The van der Waals surface area contributed by atoms with Crippen LogP contribution in [0, 0.1) is 18.3 Å². The second-order valence-corrected chi connectivity index (χ2v) is 13.8. The average molecular weight is 577 g/mol. The number of anilines is 1. The van der Waals surface area contributed by atoms with Crippen LogP contribution in [-0.2, 0) is 17.1 Å². The highest BCUT2D eigenvalue weighted by Crippen LogP contribution is 2.38. The Labute approximate surface area is 238 Å². The molecule has 1 fully saturated rings. The first-order valence-electron chi connectivity index (χ1n) is 12.7. The first-order valence-corrected chi connectivity index (χ1v) is 14.2. The van der Waals surface area contributed by atoms with Gasteiger partial charge in [-0.1, -0.05) is 27.7 Å². The van der Waals surface area contributed by atoms with Crippen LogP contribution < -0.4 is 14.4 Å². The van der Waals surface area contributed by atoms with Gasteiger partial charge in [0.15, 0.2) is 5.82 Å². The van der Waals surface area contributed by atoms with Crippen molar-refractivity contribution in [3.63, 3.8) is 0 Å². The number of carbonyl (C=O) groups excluding carboxylic acids is 1. The zero-order valence-corrected chi connectivity index (χ0v) is 25.8. The summed E-state index contributed by atoms with van der Waals surface area (Å²) in [6.45, 7) is 15.5. The average Bonchev–Trinajstić information content (AvgIpc) is 3.47. The number of carbonyl (C=O) groups is 1. The van der Waals surface area contributed by atoms with Gasteiger partial charge in [-0.05, 0) is 56.2 Å². The van der Waals surface area contributed by atoms with Crippen LogP contribution in [0.25, 0.3) is 5.82 Å². The summed E-state index contributed by atoms with van der Waals surface area (Å²) in [5, 5.41) is 4.50. The molecular formula is C27H40N6O4S2. The number of nitrogens with zero attached hydrogens (tertiary/aromatic N) is 5. The molecular weight excluding hydrogens is 536 g/mol. The van der Waals surface area contributed by atoms with Gasteiger partial charge in [-0.2, -0.15) is 13.5 Å². The molecule has 1 aliphatic heterocycles. The number of rotatable bonds is 7. The van der Waals surface area contributed by atoms with Gasteiger partial charge in [0, 0.05) is 43.8 Å². The van der Waals surface area contributed by atoms with Crippen molar-refractivity contribution >= 4 is 35.2 Å². The lowest BCUT2D eigenvalue weighted by molar-refractivity contribution is 0.0981. The molecule has 0 aromatic carbocycles. The van der Waals surface area contributed by atoms with Gasteiger partial charge in [0.2, 0.25) is 5.88 Å². The molecule has 1 saturated heterocycles. The summed E-state index contributed by atoms with van der Waals surface area (Å²) in [6.07, 6.45) is 5.84. The molecule has 214 valence electrons. The molecule has 1 aliphatic rings. The van der Waals surface area contributed by atoms with Crippen molar-refractivity contribution in [2.75, 3.05) is 18.1 Å². The normalized spacial score (nSPS) is 17.1. The van der Waals surface area contributed by atoms with Gasteiger partial charge < -0.3 is 14.2 Å². The minimum atomic E-state index is -4.08. The van der Waals surface area contributed by atoms with E-state index in [2.05, 4.69) is 56.3 Å². The highest BCUT2D eigenvalue weighted by molar-refractivity contribution is 7.90. The third-order valence-corrected chi connectivity index (χ3v) is 7.97. The first kappa shape index (κ1) is 30.6. The molecule has 4 rings (SSSR count). The Morgan fingerprint density at radius 1 is 1.21 bits per heavy atom. The highest BCUT2D eigenvalue weighted by atomic mass is 32.2. The zero-order valence-electron chi connectivity index (χ0n) is 23.9. The highest BCUT2D eigenvalue weighted by Gasteiger charge is 2.39. The lowest BCUT2D eigenvalue weighted by atomic mass is 9.97. The van der Waals surface area contributed by atoms with Gasteiger partial charge in [-0.25, -0.2) is 22.8 Å². The van der Waals surface area contributed by atoms with Crippen molar-refractivity contribution in [3.05, 3.63) is 47.9 Å². The summed E-state index contributed by atoms with van der Waals surface area (Å²) in [7, 11) is -2.34. The van der Waals surface area contributed by atoms with E-state index in [0.717, 1.165) is 6.42 Å². The monoisotopic (exact) mass is 576 g/mol. The number of aromatic nitrogens is 4. The molecule has 1 atom stereocenters. The van der Waals surface area contributed by atoms with E-state index in [1.54, 1.807) is 53.8 Å². The van der Waals surface area contributed by atoms with E-state index >= 15 is 0 Å². The van der Waals surface area contributed by atoms with E-state index in [4.69, 9.17) is 9.72 Å². The second kappa shape index (κ2) is 10.9. The summed E-state index contributed by atoms with van der Waals surface area (Å²) < 4.78 is 37.5. The second-order valence-electron chi connectivity index (χ2n) is 12.1. The maximum Gasteiger partial charge on any atom is 0.268 e. The Kier molecular flexibility index (Phi) is 8.52. The lowest BCUT2D eigenvalue weighted by Gasteiger charge is -2.34. The Balaban J connectivity index is 0.00000420. The fourth-order valence-electron chi connectivity index (χ4n) is 4.92. The van der Waals surface area contributed by atoms with Crippen molar-refractivity contribution in [2.24, 2.45) is 18.4 Å². The zero-order chi connectivity index (χ0) is 28.0. The Morgan fingerprint density at radius 2 is 1.90 bits per heavy atom. The summed E-state index contributed by atoms with van der Waals surface area (Å²) in [4.78, 5) is 20.4. The molecule has 0 bridgehead atoms. The fourth-order valence-corrected chi connectivity index (χ4v) is 6.16. The van der Waals surface area contributed by atoms with Crippen LogP contribution in [0.1, 0.15) is 63.9 Å². The quantitative estimate of drug-likeness (QED) is 0.449. The van der Waals surface area contributed by atoms with E-state index in [0.29, 0.717) is 42.1 Å². The van der Waals surface area contributed by atoms with Gasteiger partial charge in [0.25, 0.3) is 15.9 Å². The molecule has 39 heavy (non-hydrogen) atoms. The molecule has 0 aliphatic carbocycles. The number of aryl methyl sites for hydroxylation is 2. The van der Waals surface area contributed by atoms with Gasteiger partial charge >= 0.3 is 0 Å². The van der Waals surface area contributed by atoms with E-state index in [1.165, 1.54) is 6.20 Å². The Morgan fingerprint density at radius 3 is 2.46 bits per heavy atom. The fraction of sp³-hybridized carbons (Fsp3) is 0.519. The standard InChI is InChI=1S/C27H38N6O4S.H2S/c1-18-13-27(6,7)32(14-18)24-20(25(34)30-38(35,36)21-16-31(8)15-19(21)2)9-10-22(28-24)33-12-11-23(29-33)37-17-26(3,4)5;/h9-12,15-16,18H,13-14,17H2,1-8H3,(H,30,34);1H2/t18-;/m0./s1. The van der Waals surface area contributed by atoms with Crippen LogP contribution in [0.3, 0.4) is 0 Å². The molecule has 12 heteroatoms. The largest absolute Gasteiger partial charge is 0.476 e. The van der Waals surface area contributed by atoms with Crippen molar-refractivity contribution in [1.82, 2.24) is 24.1 Å². The van der Waals surface area contributed by atoms with Crippen molar-refractivity contribution in [2.45, 2.75) is 65.3 Å². The van der Waals surface area contributed by atoms with Crippen molar-refractivity contribution < 1.29 is 17.9 Å². The molecule has 3 aromatic heterocycles. The molecule has 0 unspecified atom stereocenters. The third kappa shape index (κ3) is 6.78. The molecule has 0 radical (unpaired) electrons. The van der Waals surface area contributed by atoms with E-state index in [-0.39, 0.29) is 34.9 Å². The van der Waals surface area contributed by atoms with E-state index < -0.39 is 15.9 Å². The van der Waals surface area contributed by atoms with Crippen LogP contribution in [0.2, 0.25) is 0 Å². The number of hydrogen-bond donors (Lipinski definition) is 1. The molecule has 3 aromatic rings. The van der Waals surface area contributed by atoms with E-state index in [9.17, 15) is 13.2 Å². The van der Waals surface area contributed by atoms with Gasteiger partial charge in [0.1, 0.15) is 10.7 Å². The molecule has 4 heterocycles. The number of ether oxygens (including phenoxy) is 1. The minimum absolute atomic E-state index is 0. The van der Waals surface area contributed by atoms with E-state index in [1.807, 2.05) is 0 Å². The number of hydrogen-bond acceptors (Lipinski definition) is 7. The van der Waals surface area contributed by atoms with Crippen LogP contribution in [0.15, 0.2) is 41.7 Å². The van der Waals surface area contributed by atoms with Gasteiger partial charge in [-0.3, -0.25) is 4.79 Å². The van der Waals surface area contributed by atoms with Crippen LogP contribution in [0.5, 0.6) is 5.88 Å². The lowest BCUT2D eigenvalue weighted by Crippen LogP contribution is -2.41. The van der Waals surface area contributed by atoms with Crippen molar-refractivity contribution in [1.29, 1.82) is 0 Å². The number of pyridine rings is 1. The number of amides is 1. The summed E-state index contributed by atoms with van der Waals surface area (Å²) >= 11 is 0. The smallest absolute Gasteiger partial charge is 0.268 e. The predicted octanol–water partition coefficient (Wildman–Crippen LogP) is 4.20. The predicted molar refractivity (Wildman–Crippen MR) is 157 cm³/mol. The van der Waals surface area contributed by atoms with Gasteiger partial charge in [-0.15, -0.1) is 5.10 Å². The third-order valence-electron chi connectivity index (χ3n) is 6.51. The Bertz CT molecular complexity index is 1450. The topological polar surface area (TPSA) is 111 Å². The summed E-state index contributed by atoms with van der Waals surface area (Å²) in [5.74, 6) is 1.04. The molecule has 0 spiro atoms. The molecule has 1 amide bonds. The van der Waals surface area contributed by atoms with Gasteiger partial charge in [0.05, 0.1) is 12.2 Å². The summed E-state index contributed by atoms with van der Waals surface area (Å²) in [5.41, 5.74) is 0.449. The van der Waals surface area contributed by atoms with Crippen LogP contribution in [-0.4, -0.2) is 52.3 Å². The molecule has 1 N–H and O–H groups in total. The number of nitrogens with one attached hydrogen (secondary N) is 1. The Hall–Kier alpha value is -2.99. The minimum Gasteiger partial charge on any atom is -0.476 e. The first-order chi connectivity index (χ1) is 17.6. The number of sulfonamides is 1. The molecule has 0 saturated carbocycles. The maximum atomic E-state index is 13.4.